The van der Waals surface area contributed by atoms with Gasteiger partial charge in [0.15, 0.2) is 0 Å². The van der Waals surface area contributed by atoms with Crippen LogP contribution in [0.3, 0.4) is 0 Å². The Bertz CT molecular complexity index is 5110. The first-order chi connectivity index (χ1) is 42.9. The third-order valence-electron chi connectivity index (χ3n) is 16.7. The summed E-state index contributed by atoms with van der Waals surface area (Å²) in [5, 5.41) is 9.19. The summed E-state index contributed by atoms with van der Waals surface area (Å²) in [5.41, 5.74) is 18.6. The Morgan fingerprint density at radius 3 is 0.989 bits per heavy atom. The van der Waals surface area contributed by atoms with Crippen LogP contribution in [0.1, 0.15) is 72.9 Å². The number of hydrogen-bond donors (Lipinski definition) is 0. The van der Waals surface area contributed by atoms with Crippen LogP contribution in [0.4, 0.5) is 0 Å². The van der Waals surface area contributed by atoms with Crippen molar-refractivity contribution in [1.29, 1.82) is 0 Å². The van der Waals surface area contributed by atoms with E-state index in [1.165, 1.54) is 43.8 Å². The molecule has 0 unspecified atom stereocenters. The molecule has 12 heteroatoms. The van der Waals surface area contributed by atoms with Crippen LogP contribution in [0.5, 0.6) is 23.0 Å². The molecule has 0 atom stereocenters. The van der Waals surface area contributed by atoms with Gasteiger partial charge in [0.2, 0.25) is 0 Å². The van der Waals surface area contributed by atoms with Gasteiger partial charge in [-0.3, -0.25) is 0 Å². The summed E-state index contributed by atoms with van der Waals surface area (Å²) >= 11 is 0. The fourth-order valence-electron chi connectivity index (χ4n) is 12.5. The number of hydrogen-bond acceptors (Lipinski definition) is 6. The normalized spacial score (nSPS) is 11.6. The number of pyridine rings is 4. The maximum atomic E-state index is 6.53. The zero-order valence-electron chi connectivity index (χ0n) is 50.8. The number of aromatic nitrogens is 8. The van der Waals surface area contributed by atoms with Crippen molar-refractivity contribution < 1.29 is 51.6 Å². The van der Waals surface area contributed by atoms with E-state index in [1.54, 1.807) is 0 Å². The van der Waals surface area contributed by atoms with E-state index < -0.39 is 0 Å². The molecule has 0 aliphatic carbocycles. The topological polar surface area (TPSA) is 89.7 Å². The Kier molecular flexibility index (Phi) is 16.0. The first kappa shape index (κ1) is 59.5. The summed E-state index contributed by atoms with van der Waals surface area (Å²) in [7, 11) is 0. The summed E-state index contributed by atoms with van der Waals surface area (Å²) in [5.74, 6) is 3.33. The summed E-state index contributed by atoms with van der Waals surface area (Å²) in [6.07, 6.45) is 7.36. The van der Waals surface area contributed by atoms with E-state index in [9.17, 15) is 0 Å². The smallest absolute Gasteiger partial charge is 0.509 e. The van der Waals surface area contributed by atoms with Crippen LogP contribution in [0.25, 0.3) is 110 Å². The molecule has 444 valence electrons. The van der Waals surface area contributed by atoms with Gasteiger partial charge in [-0.05, 0) is 134 Å². The number of rotatable bonds is 10. The van der Waals surface area contributed by atoms with Gasteiger partial charge in [0, 0.05) is 90.9 Å². The van der Waals surface area contributed by atoms with Crippen molar-refractivity contribution in [1.82, 2.24) is 38.2 Å². The standard InChI is InChI=1S/C40H32N4O.C38H28N4O.2Pt/c1-25(2)27-15-17-37-35(21-27)33-13-7-19-41-39(33)43(37)29-9-5-11-31(23-29)45-32-12-6-10-30(24-32)44-38-18-16-28(26(3)4)22-36(38)34-14-8-20-42-40(34)44;1-23-9-11-35-33(19-23)31-7-5-13-39-37(31)41(35)27-15-25(3)17-29(21-27)43-30-18-26(4)16-28(22-30)42-36-12-10-24(2)20-34(36)32-8-6-14-40-38(32)42;;/h5-22,25-26H,1-4H3;5-20H,1-4H3;;/q2*-2;2*+2. The van der Waals surface area contributed by atoms with Gasteiger partial charge in [0.25, 0.3) is 0 Å². The fourth-order valence-corrected chi connectivity index (χ4v) is 12.5. The van der Waals surface area contributed by atoms with Gasteiger partial charge in [0.1, 0.15) is 22.6 Å². The van der Waals surface area contributed by atoms with Crippen molar-refractivity contribution in [2.24, 2.45) is 0 Å². The van der Waals surface area contributed by atoms with E-state index in [-0.39, 0.29) is 42.1 Å². The van der Waals surface area contributed by atoms with Crippen LogP contribution < -0.4 is 9.47 Å². The molecule has 0 fully saturated rings. The maximum Gasteiger partial charge on any atom is 2.00 e. The minimum absolute atomic E-state index is 0. The molecule has 0 radical (unpaired) electrons. The van der Waals surface area contributed by atoms with E-state index in [1.807, 2.05) is 97.6 Å². The van der Waals surface area contributed by atoms with Gasteiger partial charge in [-0.25, -0.2) is 19.9 Å². The molecular weight excluding hydrogens is 1470 g/mol. The van der Waals surface area contributed by atoms with Crippen molar-refractivity contribution in [2.75, 3.05) is 0 Å². The molecule has 0 saturated heterocycles. The fraction of sp³-hybridized carbons (Fsp3) is 0.128. The van der Waals surface area contributed by atoms with Crippen molar-refractivity contribution >= 4 is 87.7 Å². The second-order valence-electron chi connectivity index (χ2n) is 23.6. The van der Waals surface area contributed by atoms with Gasteiger partial charge in [0.05, 0.1) is 22.1 Å². The van der Waals surface area contributed by atoms with E-state index in [2.05, 4.69) is 207 Å². The molecule has 0 amide bonds. The third-order valence-corrected chi connectivity index (χ3v) is 16.7. The van der Waals surface area contributed by atoms with Crippen LogP contribution in [-0.4, -0.2) is 38.2 Å². The molecule has 0 N–H and O–H groups in total. The molecule has 8 heterocycles. The molecule has 10 nitrogen and oxygen atoms in total. The molecule has 0 saturated carbocycles. The molecule has 8 aromatic carbocycles. The van der Waals surface area contributed by atoms with Gasteiger partial charge in [-0.1, -0.05) is 99.7 Å². The Labute approximate surface area is 550 Å². The Morgan fingerprint density at radius 1 is 0.300 bits per heavy atom. The van der Waals surface area contributed by atoms with Crippen LogP contribution >= 0.6 is 0 Å². The number of fused-ring (bicyclic) bond motifs is 12. The molecule has 8 aromatic heterocycles. The predicted octanol–water partition coefficient (Wildman–Crippen LogP) is 19.6. The van der Waals surface area contributed by atoms with E-state index in [0.717, 1.165) is 100 Å². The number of nitrogens with zero attached hydrogens (tertiary/aromatic N) is 8. The predicted molar refractivity (Wildman–Crippen MR) is 357 cm³/mol. The number of ether oxygens (including phenoxy) is 2. The molecule has 0 spiro atoms. The first-order valence-electron chi connectivity index (χ1n) is 29.9. The van der Waals surface area contributed by atoms with Crippen molar-refractivity contribution in [3.8, 4) is 45.7 Å². The minimum Gasteiger partial charge on any atom is -0.509 e. The second-order valence-corrected chi connectivity index (χ2v) is 23.6. The van der Waals surface area contributed by atoms with Crippen molar-refractivity contribution in [2.45, 2.75) is 67.2 Å². The third kappa shape index (κ3) is 10.7. The summed E-state index contributed by atoms with van der Waals surface area (Å²) in [6.45, 7) is 17.3. The van der Waals surface area contributed by atoms with Gasteiger partial charge in [-0.15, -0.1) is 72.8 Å². The average Bonchev–Trinajstić information content (AvgIpc) is 1.66. The molecular formula is C78H60N8O2Pt2. The van der Waals surface area contributed by atoms with Crippen LogP contribution in [0, 0.1) is 52.0 Å². The summed E-state index contributed by atoms with van der Waals surface area (Å²) < 4.78 is 21.6. The molecule has 0 aliphatic heterocycles. The van der Waals surface area contributed by atoms with Gasteiger partial charge >= 0.3 is 42.1 Å². The van der Waals surface area contributed by atoms with Gasteiger partial charge in [-0.2, -0.15) is 23.3 Å². The van der Waals surface area contributed by atoms with Crippen molar-refractivity contribution in [3.63, 3.8) is 0 Å². The zero-order valence-corrected chi connectivity index (χ0v) is 55.4. The minimum atomic E-state index is 0. The quantitative estimate of drug-likeness (QED) is 0.127. The van der Waals surface area contributed by atoms with Crippen LogP contribution in [0.15, 0.2) is 207 Å². The number of aryl methyl sites for hydroxylation is 4. The van der Waals surface area contributed by atoms with E-state index in [0.29, 0.717) is 34.8 Å². The Balaban J connectivity index is 0.000000162. The van der Waals surface area contributed by atoms with E-state index in [4.69, 9.17) is 29.4 Å². The monoisotopic (exact) mass is 1530 g/mol. The molecule has 0 bridgehead atoms. The first-order valence-corrected chi connectivity index (χ1v) is 29.9. The van der Waals surface area contributed by atoms with Gasteiger partial charge < -0.3 is 27.7 Å². The van der Waals surface area contributed by atoms with Crippen LogP contribution in [0.2, 0.25) is 0 Å². The SMILES string of the molecule is CC(C)c1ccc2c(c1)c1cccnc1n2-c1[c-]c(Oc2[c-]c(-n3c4ccc(C(C)C)cc4c4cccnc43)ccc2)ccc1.Cc1cc(Oc2[c-]c(-n3c4ccc(C)cc4c4cccnc43)cc(C)c2)[c-]c(-n2c3ccc(C)cc3c3cccnc32)c1.[Pt+2].[Pt+2]. The number of benzene rings is 8. The largest absolute Gasteiger partial charge is 2.00 e. The molecule has 90 heavy (non-hydrogen) atoms. The second kappa shape index (κ2) is 24.1. The van der Waals surface area contributed by atoms with Crippen LogP contribution in [-0.2, 0) is 42.1 Å². The zero-order chi connectivity index (χ0) is 59.9. The Hall–Kier alpha value is -9.46. The van der Waals surface area contributed by atoms with E-state index >= 15 is 0 Å². The average molecular weight is 1530 g/mol. The molecule has 16 rings (SSSR count). The Morgan fingerprint density at radius 2 is 0.622 bits per heavy atom. The molecule has 16 aromatic rings. The van der Waals surface area contributed by atoms with Crippen molar-refractivity contribution in [3.05, 3.63) is 264 Å². The molecule has 0 aliphatic rings. The summed E-state index contributed by atoms with van der Waals surface area (Å²) in [6, 6.07) is 77.2. The summed E-state index contributed by atoms with van der Waals surface area (Å²) in [4.78, 5) is 19.1. The maximum absolute atomic E-state index is 6.53.